The van der Waals surface area contributed by atoms with Crippen molar-refractivity contribution in [3.8, 4) is 11.5 Å². The summed E-state index contributed by atoms with van der Waals surface area (Å²) in [7, 11) is 1.68. The van der Waals surface area contributed by atoms with Crippen LogP contribution in [0.2, 0.25) is 0 Å². The molecule has 20 heavy (non-hydrogen) atoms. The zero-order valence-corrected chi connectivity index (χ0v) is 13.2. The van der Waals surface area contributed by atoms with Crippen molar-refractivity contribution in [2.45, 2.75) is 64.7 Å². The fourth-order valence-corrected chi connectivity index (χ4v) is 2.27. The van der Waals surface area contributed by atoms with E-state index in [1.165, 1.54) is 51.4 Å². The predicted molar refractivity (Wildman–Crippen MR) is 85.7 cm³/mol. The molecule has 0 aliphatic heterocycles. The normalized spacial score (nSPS) is 10.5. The second kappa shape index (κ2) is 11.6. The Balaban J connectivity index is 1.91. The molecule has 0 aromatic heterocycles. The highest BCUT2D eigenvalue weighted by atomic mass is 16.5. The topological polar surface area (TPSA) is 18.5 Å². The number of hydrogen-bond donors (Lipinski definition) is 0. The lowest BCUT2D eigenvalue weighted by Crippen LogP contribution is -1.97. The highest BCUT2D eigenvalue weighted by Crippen LogP contribution is 2.17. The van der Waals surface area contributed by atoms with Crippen LogP contribution in [0.4, 0.5) is 0 Å². The zero-order valence-electron chi connectivity index (χ0n) is 13.2. The molecule has 114 valence electrons. The smallest absolute Gasteiger partial charge is 0.119 e. The monoisotopic (exact) mass is 278 g/mol. The van der Waals surface area contributed by atoms with Gasteiger partial charge >= 0.3 is 0 Å². The Morgan fingerprint density at radius 1 is 0.700 bits per heavy atom. The predicted octanol–water partition coefficient (Wildman–Crippen LogP) is 5.60. The van der Waals surface area contributed by atoms with Gasteiger partial charge in [-0.05, 0) is 30.7 Å². The van der Waals surface area contributed by atoms with Crippen molar-refractivity contribution in [1.82, 2.24) is 0 Å². The minimum absolute atomic E-state index is 0.822. The molecule has 0 aliphatic carbocycles. The van der Waals surface area contributed by atoms with E-state index in [1.807, 2.05) is 24.3 Å². The Morgan fingerprint density at radius 2 is 1.20 bits per heavy atom. The van der Waals surface area contributed by atoms with Crippen LogP contribution < -0.4 is 9.47 Å². The molecule has 0 heterocycles. The van der Waals surface area contributed by atoms with E-state index in [-0.39, 0.29) is 0 Å². The maximum atomic E-state index is 5.71. The van der Waals surface area contributed by atoms with Gasteiger partial charge in [-0.25, -0.2) is 0 Å². The van der Waals surface area contributed by atoms with Crippen LogP contribution >= 0.6 is 0 Å². The van der Waals surface area contributed by atoms with Gasteiger partial charge in [0.25, 0.3) is 0 Å². The SMILES string of the molecule is CCCCCCCCCCCOc1ccc(OC)cc1. The van der Waals surface area contributed by atoms with Crippen LogP contribution in [0.5, 0.6) is 11.5 Å². The van der Waals surface area contributed by atoms with Gasteiger partial charge in [-0.15, -0.1) is 0 Å². The van der Waals surface area contributed by atoms with Crippen molar-refractivity contribution in [3.05, 3.63) is 24.3 Å². The Labute approximate surface area is 124 Å². The molecule has 0 bridgehead atoms. The lowest BCUT2D eigenvalue weighted by molar-refractivity contribution is 0.303. The lowest BCUT2D eigenvalue weighted by atomic mass is 10.1. The van der Waals surface area contributed by atoms with E-state index in [0.717, 1.165) is 24.5 Å². The summed E-state index contributed by atoms with van der Waals surface area (Å²) in [5, 5.41) is 0. The first-order chi connectivity index (χ1) is 9.86. The second-order valence-corrected chi connectivity index (χ2v) is 5.35. The van der Waals surface area contributed by atoms with E-state index in [0.29, 0.717) is 0 Å². The number of unbranched alkanes of at least 4 members (excludes halogenated alkanes) is 8. The summed E-state index contributed by atoms with van der Waals surface area (Å²) in [6, 6.07) is 7.80. The van der Waals surface area contributed by atoms with Gasteiger partial charge in [0.2, 0.25) is 0 Å². The van der Waals surface area contributed by atoms with Crippen molar-refractivity contribution < 1.29 is 9.47 Å². The van der Waals surface area contributed by atoms with Gasteiger partial charge < -0.3 is 9.47 Å². The van der Waals surface area contributed by atoms with Gasteiger partial charge in [0.1, 0.15) is 11.5 Å². The third kappa shape index (κ3) is 8.08. The van der Waals surface area contributed by atoms with Gasteiger partial charge in [-0.2, -0.15) is 0 Å². The summed E-state index contributed by atoms with van der Waals surface area (Å²) in [6.07, 6.45) is 12.1. The highest BCUT2D eigenvalue weighted by molar-refractivity contribution is 5.31. The summed E-state index contributed by atoms with van der Waals surface area (Å²) in [5.41, 5.74) is 0. The van der Waals surface area contributed by atoms with Gasteiger partial charge in [0, 0.05) is 0 Å². The van der Waals surface area contributed by atoms with E-state index in [1.54, 1.807) is 7.11 Å². The Morgan fingerprint density at radius 3 is 1.75 bits per heavy atom. The van der Waals surface area contributed by atoms with Crippen LogP contribution in [0.25, 0.3) is 0 Å². The summed E-state index contributed by atoms with van der Waals surface area (Å²) in [6.45, 7) is 3.09. The van der Waals surface area contributed by atoms with Crippen LogP contribution in [-0.2, 0) is 0 Å². The molecule has 1 aromatic rings. The number of ether oxygens (including phenoxy) is 2. The van der Waals surface area contributed by atoms with Crippen LogP contribution in [0, 0.1) is 0 Å². The average molecular weight is 278 g/mol. The third-order valence-corrected chi connectivity index (χ3v) is 3.58. The molecular formula is C18H30O2. The molecule has 0 spiro atoms. The molecule has 0 saturated carbocycles. The molecule has 0 amide bonds. The van der Waals surface area contributed by atoms with Crippen LogP contribution in [0.3, 0.4) is 0 Å². The number of benzene rings is 1. The Bertz CT molecular complexity index is 319. The molecular weight excluding hydrogens is 248 g/mol. The van der Waals surface area contributed by atoms with Gasteiger partial charge in [0.05, 0.1) is 13.7 Å². The third-order valence-electron chi connectivity index (χ3n) is 3.58. The first-order valence-electron chi connectivity index (χ1n) is 8.13. The van der Waals surface area contributed by atoms with Crippen molar-refractivity contribution in [2.75, 3.05) is 13.7 Å². The fourth-order valence-electron chi connectivity index (χ4n) is 2.27. The molecule has 0 radical (unpaired) electrons. The minimum Gasteiger partial charge on any atom is -0.497 e. The zero-order chi connectivity index (χ0) is 14.5. The second-order valence-electron chi connectivity index (χ2n) is 5.35. The largest absolute Gasteiger partial charge is 0.497 e. The number of methoxy groups -OCH3 is 1. The highest BCUT2D eigenvalue weighted by Gasteiger charge is 1.96. The maximum absolute atomic E-state index is 5.71. The molecule has 2 nitrogen and oxygen atoms in total. The van der Waals surface area contributed by atoms with E-state index >= 15 is 0 Å². The summed E-state index contributed by atoms with van der Waals surface area (Å²) in [4.78, 5) is 0. The maximum Gasteiger partial charge on any atom is 0.119 e. The first kappa shape index (κ1) is 16.9. The molecule has 2 heteroatoms. The van der Waals surface area contributed by atoms with E-state index in [4.69, 9.17) is 9.47 Å². The molecule has 1 rings (SSSR count). The quantitative estimate of drug-likeness (QED) is 0.463. The van der Waals surface area contributed by atoms with Crippen molar-refractivity contribution >= 4 is 0 Å². The van der Waals surface area contributed by atoms with Crippen molar-refractivity contribution in [3.63, 3.8) is 0 Å². The van der Waals surface area contributed by atoms with Crippen LogP contribution in [0.1, 0.15) is 64.7 Å². The molecule has 1 aromatic carbocycles. The Hall–Kier alpha value is -1.18. The summed E-state index contributed by atoms with van der Waals surface area (Å²) in [5.74, 6) is 1.81. The van der Waals surface area contributed by atoms with Crippen LogP contribution in [0.15, 0.2) is 24.3 Å². The summed E-state index contributed by atoms with van der Waals surface area (Å²) < 4.78 is 10.8. The van der Waals surface area contributed by atoms with Crippen molar-refractivity contribution in [2.24, 2.45) is 0 Å². The summed E-state index contributed by atoms with van der Waals surface area (Å²) >= 11 is 0. The molecule has 0 fully saturated rings. The molecule has 0 aliphatic rings. The Kier molecular flexibility index (Phi) is 9.81. The van der Waals surface area contributed by atoms with Gasteiger partial charge in [-0.3, -0.25) is 0 Å². The minimum atomic E-state index is 0.822. The fraction of sp³-hybridized carbons (Fsp3) is 0.667. The lowest BCUT2D eigenvalue weighted by Gasteiger charge is -2.07. The number of rotatable bonds is 12. The van der Waals surface area contributed by atoms with E-state index < -0.39 is 0 Å². The molecule has 0 N–H and O–H groups in total. The van der Waals surface area contributed by atoms with Gasteiger partial charge in [-0.1, -0.05) is 58.3 Å². The average Bonchev–Trinajstić information content (AvgIpc) is 2.50. The van der Waals surface area contributed by atoms with E-state index in [9.17, 15) is 0 Å². The first-order valence-corrected chi connectivity index (χ1v) is 8.13. The van der Waals surface area contributed by atoms with E-state index in [2.05, 4.69) is 6.92 Å². The molecule has 0 unspecified atom stereocenters. The van der Waals surface area contributed by atoms with Crippen LogP contribution in [-0.4, -0.2) is 13.7 Å². The number of hydrogen-bond acceptors (Lipinski definition) is 2. The van der Waals surface area contributed by atoms with Crippen molar-refractivity contribution in [1.29, 1.82) is 0 Å². The molecule has 0 saturated heterocycles. The molecule has 0 atom stereocenters. The van der Waals surface area contributed by atoms with Gasteiger partial charge in [0.15, 0.2) is 0 Å². The standard InChI is InChI=1S/C18H30O2/c1-3-4-5-6-7-8-9-10-11-16-20-18-14-12-17(19-2)13-15-18/h12-15H,3-11,16H2,1-2H3.